The lowest BCUT2D eigenvalue weighted by Gasteiger charge is -2.18. The highest BCUT2D eigenvalue weighted by molar-refractivity contribution is 5.71. The number of hydrogen-bond acceptors (Lipinski definition) is 6. The number of rotatable bonds is 48. The summed E-state index contributed by atoms with van der Waals surface area (Å²) in [4.78, 5) is 37.9. The summed E-state index contributed by atoms with van der Waals surface area (Å²) in [6.07, 6.45) is 78.8. The van der Waals surface area contributed by atoms with E-state index in [1.165, 1.54) is 25.7 Å². The summed E-state index contributed by atoms with van der Waals surface area (Å²) in [6.45, 7) is 6.31. The number of carbonyl (C=O) groups is 3. The second-order valence-corrected chi connectivity index (χ2v) is 17.7. The van der Waals surface area contributed by atoms with Crippen molar-refractivity contribution in [2.45, 2.75) is 232 Å². The van der Waals surface area contributed by atoms with Crippen molar-refractivity contribution in [3.05, 3.63) is 134 Å². The van der Waals surface area contributed by atoms with E-state index in [4.69, 9.17) is 14.2 Å². The zero-order valence-corrected chi connectivity index (χ0v) is 44.3. The number of allylic oxidation sites excluding steroid dienone is 22. The van der Waals surface area contributed by atoms with E-state index in [9.17, 15) is 14.4 Å². The lowest BCUT2D eigenvalue weighted by Crippen LogP contribution is -2.30. The molecule has 0 aliphatic rings. The Morgan fingerprint density at radius 1 is 0.304 bits per heavy atom. The Hall–Kier alpha value is -4.45. The topological polar surface area (TPSA) is 78.9 Å². The van der Waals surface area contributed by atoms with Gasteiger partial charge in [0.25, 0.3) is 0 Å². The van der Waals surface area contributed by atoms with Crippen LogP contribution in [0.1, 0.15) is 226 Å². The van der Waals surface area contributed by atoms with Gasteiger partial charge in [-0.05, 0) is 116 Å². The number of hydrogen-bond donors (Lipinski definition) is 0. The molecule has 0 fully saturated rings. The van der Waals surface area contributed by atoms with E-state index in [0.29, 0.717) is 19.3 Å². The van der Waals surface area contributed by atoms with Gasteiger partial charge < -0.3 is 14.2 Å². The maximum atomic E-state index is 12.8. The molecule has 6 heteroatoms. The summed E-state index contributed by atoms with van der Waals surface area (Å²) >= 11 is 0. The quantitative estimate of drug-likeness (QED) is 0.0262. The molecule has 0 saturated carbocycles. The first-order valence-corrected chi connectivity index (χ1v) is 27.7. The van der Waals surface area contributed by atoms with Crippen LogP contribution in [-0.2, 0) is 28.6 Å². The molecule has 0 heterocycles. The molecular formula is C63H100O6. The van der Waals surface area contributed by atoms with Crippen molar-refractivity contribution in [1.29, 1.82) is 0 Å². The first kappa shape index (κ1) is 64.5. The van der Waals surface area contributed by atoms with Gasteiger partial charge in [-0.2, -0.15) is 0 Å². The summed E-state index contributed by atoms with van der Waals surface area (Å²) in [5.41, 5.74) is 0. The molecule has 6 nitrogen and oxygen atoms in total. The number of unbranched alkanes of at least 4 members (excludes halogenated alkanes) is 15. The van der Waals surface area contributed by atoms with Gasteiger partial charge >= 0.3 is 17.9 Å². The SMILES string of the molecule is CC/C=C\C/C=C\C/C=C\C/C=C\C/C=C\C/C=C\CCCCCCC(=O)OCC(COC(=O)CCCCCCCCC)OC(=O)CCCCCCC/C=C\C/C=C\C/C=C\C/C=C\C/C=C\CC. The second-order valence-electron chi connectivity index (χ2n) is 17.7. The molecule has 388 valence electrons. The lowest BCUT2D eigenvalue weighted by molar-refractivity contribution is -0.167. The molecule has 0 aliphatic heterocycles. The number of esters is 3. The summed E-state index contributed by atoms with van der Waals surface area (Å²) in [5.74, 6) is -0.957. The number of ether oxygens (including phenoxy) is 3. The van der Waals surface area contributed by atoms with Crippen molar-refractivity contribution >= 4 is 17.9 Å². The number of carbonyl (C=O) groups excluding carboxylic acids is 3. The third-order valence-corrected chi connectivity index (χ3v) is 11.2. The molecule has 0 aliphatic carbocycles. The first-order chi connectivity index (χ1) is 34.0. The molecule has 0 saturated heterocycles. The van der Waals surface area contributed by atoms with Gasteiger partial charge in [0.1, 0.15) is 13.2 Å². The molecule has 69 heavy (non-hydrogen) atoms. The van der Waals surface area contributed by atoms with Crippen LogP contribution in [0.4, 0.5) is 0 Å². The van der Waals surface area contributed by atoms with Gasteiger partial charge in [-0.15, -0.1) is 0 Å². The van der Waals surface area contributed by atoms with E-state index in [2.05, 4.69) is 154 Å². The fourth-order valence-electron chi connectivity index (χ4n) is 7.06. The minimum atomic E-state index is -0.802. The normalized spacial score (nSPS) is 13.1. The van der Waals surface area contributed by atoms with Crippen LogP contribution >= 0.6 is 0 Å². The molecule has 0 aromatic heterocycles. The Kier molecular flexibility index (Phi) is 52.5. The summed E-state index contributed by atoms with van der Waals surface area (Å²) < 4.78 is 16.7. The third kappa shape index (κ3) is 54.4. The van der Waals surface area contributed by atoms with Crippen LogP contribution < -0.4 is 0 Å². The predicted octanol–water partition coefficient (Wildman–Crippen LogP) is 18.6. The highest BCUT2D eigenvalue weighted by atomic mass is 16.6. The van der Waals surface area contributed by atoms with Gasteiger partial charge in [-0.1, -0.05) is 225 Å². The lowest BCUT2D eigenvalue weighted by atomic mass is 10.1. The van der Waals surface area contributed by atoms with Gasteiger partial charge in [-0.3, -0.25) is 14.4 Å². The standard InChI is InChI=1S/C63H100O6/c1-4-7-10-13-16-18-20-22-24-26-28-30-31-33-34-36-38-40-42-44-47-50-53-56-62(65)68-59-60(58-67-61(64)55-52-49-46-15-12-9-6-3)69-63(66)57-54-51-48-45-43-41-39-37-35-32-29-27-25-23-21-19-17-14-11-8-5-2/h7-8,10-11,16-19,22-25,28-30,32-34,37-40,60H,4-6,9,12-15,20-21,26-27,31,35-36,41-59H2,1-3H3/b10-7-,11-8-,18-16-,19-17-,24-22-,25-23-,30-28-,32-29-,34-33-,39-37-,40-38-. The van der Waals surface area contributed by atoms with E-state index in [-0.39, 0.29) is 31.1 Å². The maximum Gasteiger partial charge on any atom is 0.306 e. The molecule has 1 unspecified atom stereocenters. The van der Waals surface area contributed by atoms with E-state index in [1.807, 2.05) is 0 Å². The molecule has 0 spiro atoms. The Morgan fingerprint density at radius 2 is 0.565 bits per heavy atom. The van der Waals surface area contributed by atoms with Gasteiger partial charge in [0, 0.05) is 19.3 Å². The van der Waals surface area contributed by atoms with Gasteiger partial charge in [0.15, 0.2) is 6.10 Å². The highest BCUT2D eigenvalue weighted by Gasteiger charge is 2.19. The van der Waals surface area contributed by atoms with Gasteiger partial charge in [0.2, 0.25) is 0 Å². The smallest absolute Gasteiger partial charge is 0.306 e. The molecule has 1 atom stereocenters. The van der Waals surface area contributed by atoms with Crippen LogP contribution in [0.15, 0.2) is 134 Å². The Bertz CT molecular complexity index is 1510. The fourth-order valence-corrected chi connectivity index (χ4v) is 7.06. The molecule has 0 amide bonds. The van der Waals surface area contributed by atoms with Crippen LogP contribution in [0.5, 0.6) is 0 Å². The minimum Gasteiger partial charge on any atom is -0.462 e. The third-order valence-electron chi connectivity index (χ3n) is 11.2. The van der Waals surface area contributed by atoms with Crippen molar-refractivity contribution in [3.63, 3.8) is 0 Å². The van der Waals surface area contributed by atoms with Crippen molar-refractivity contribution in [1.82, 2.24) is 0 Å². The van der Waals surface area contributed by atoms with Crippen LogP contribution in [0, 0.1) is 0 Å². The largest absolute Gasteiger partial charge is 0.462 e. The van der Waals surface area contributed by atoms with Crippen LogP contribution in [0.2, 0.25) is 0 Å². The summed E-state index contributed by atoms with van der Waals surface area (Å²) in [7, 11) is 0. The van der Waals surface area contributed by atoms with Crippen LogP contribution in [0.25, 0.3) is 0 Å². The van der Waals surface area contributed by atoms with Crippen LogP contribution in [-0.4, -0.2) is 37.2 Å². The molecule has 0 rings (SSSR count). The van der Waals surface area contributed by atoms with Crippen LogP contribution in [0.3, 0.4) is 0 Å². The van der Waals surface area contributed by atoms with Crippen molar-refractivity contribution < 1.29 is 28.6 Å². The fraction of sp³-hybridized carbons (Fsp3) is 0.603. The van der Waals surface area contributed by atoms with Gasteiger partial charge in [-0.25, -0.2) is 0 Å². The predicted molar refractivity (Wildman–Crippen MR) is 297 cm³/mol. The zero-order chi connectivity index (χ0) is 50.0. The van der Waals surface area contributed by atoms with Gasteiger partial charge in [0.05, 0.1) is 0 Å². The van der Waals surface area contributed by atoms with Crippen molar-refractivity contribution in [2.24, 2.45) is 0 Å². The first-order valence-electron chi connectivity index (χ1n) is 27.7. The molecule has 0 aromatic rings. The molecule has 0 radical (unpaired) electrons. The van der Waals surface area contributed by atoms with E-state index < -0.39 is 6.10 Å². The van der Waals surface area contributed by atoms with E-state index >= 15 is 0 Å². The van der Waals surface area contributed by atoms with Crippen molar-refractivity contribution in [3.8, 4) is 0 Å². The summed E-state index contributed by atoms with van der Waals surface area (Å²) in [6, 6.07) is 0. The zero-order valence-electron chi connectivity index (χ0n) is 44.3. The highest BCUT2D eigenvalue weighted by Crippen LogP contribution is 2.13. The van der Waals surface area contributed by atoms with E-state index in [1.54, 1.807) is 0 Å². The summed E-state index contributed by atoms with van der Waals surface area (Å²) in [5, 5.41) is 0. The second kappa shape index (κ2) is 56.1. The Labute approximate surface area is 424 Å². The van der Waals surface area contributed by atoms with Crippen molar-refractivity contribution in [2.75, 3.05) is 13.2 Å². The van der Waals surface area contributed by atoms with E-state index in [0.717, 1.165) is 161 Å². The Balaban J connectivity index is 4.35. The minimum absolute atomic E-state index is 0.0985. The molecule has 0 bridgehead atoms. The average Bonchev–Trinajstić information content (AvgIpc) is 3.35. The molecule has 0 N–H and O–H groups in total. The average molecular weight is 953 g/mol. The monoisotopic (exact) mass is 953 g/mol. The Morgan fingerprint density at radius 3 is 0.884 bits per heavy atom. The molecular weight excluding hydrogens is 853 g/mol. The maximum absolute atomic E-state index is 12.8. The molecule has 0 aromatic carbocycles.